The number of rotatable bonds is 7. The van der Waals surface area contributed by atoms with Gasteiger partial charge in [0.05, 0.1) is 11.0 Å². The minimum atomic E-state index is -0.334. The first-order chi connectivity index (χ1) is 12.9. The average Bonchev–Trinajstić information content (AvgIpc) is 3.48. The van der Waals surface area contributed by atoms with Crippen LogP contribution in [0, 0.1) is 11.7 Å². The number of halogens is 1. The number of hydrogen-bond donors (Lipinski definition) is 1. The summed E-state index contributed by atoms with van der Waals surface area (Å²) < 4.78 is 12.9. The van der Waals surface area contributed by atoms with Gasteiger partial charge in [-0.15, -0.1) is 11.8 Å². The highest BCUT2D eigenvalue weighted by molar-refractivity contribution is 8.01. The van der Waals surface area contributed by atoms with E-state index in [-0.39, 0.29) is 28.6 Å². The fourth-order valence-corrected chi connectivity index (χ4v) is 4.48. The van der Waals surface area contributed by atoms with E-state index in [0.717, 1.165) is 31.6 Å². The number of anilines is 1. The van der Waals surface area contributed by atoms with Gasteiger partial charge < -0.3 is 10.2 Å². The molecule has 0 heterocycles. The molecule has 1 unspecified atom stereocenters. The second kappa shape index (κ2) is 9.09. The zero-order valence-electron chi connectivity index (χ0n) is 16.1. The minimum absolute atomic E-state index is 0.171. The van der Waals surface area contributed by atoms with Crippen molar-refractivity contribution in [3.05, 3.63) is 30.1 Å². The Morgan fingerprint density at radius 1 is 1.11 bits per heavy atom. The van der Waals surface area contributed by atoms with Crippen LogP contribution in [-0.4, -0.2) is 39.8 Å². The van der Waals surface area contributed by atoms with Gasteiger partial charge in [0.15, 0.2) is 0 Å². The van der Waals surface area contributed by atoms with Crippen molar-refractivity contribution < 1.29 is 14.0 Å². The van der Waals surface area contributed by atoms with E-state index in [0.29, 0.717) is 17.8 Å². The number of benzene rings is 1. The monoisotopic (exact) mass is 392 g/mol. The molecule has 2 aliphatic carbocycles. The SMILES string of the molecule is CC1CCC(N(C(=O)C(C)SCC(=O)Nc2ccc(F)cc2)C2CC2)CC1. The fraction of sp³-hybridized carbons (Fsp3) is 0.619. The highest BCUT2D eigenvalue weighted by Gasteiger charge is 2.39. The van der Waals surface area contributed by atoms with Gasteiger partial charge in [-0.05, 0) is 75.6 Å². The summed E-state index contributed by atoms with van der Waals surface area (Å²) in [6.45, 7) is 4.19. The number of carbonyl (C=O) groups is 2. The Bertz CT molecular complexity index is 655. The molecule has 2 amide bonds. The zero-order valence-corrected chi connectivity index (χ0v) is 16.9. The molecule has 0 aliphatic heterocycles. The van der Waals surface area contributed by atoms with Crippen LogP contribution < -0.4 is 5.32 Å². The van der Waals surface area contributed by atoms with Gasteiger partial charge in [-0.3, -0.25) is 9.59 Å². The lowest BCUT2D eigenvalue weighted by molar-refractivity contribution is -0.134. The second-order valence-electron chi connectivity index (χ2n) is 7.90. The Kier molecular flexibility index (Phi) is 6.79. The van der Waals surface area contributed by atoms with Gasteiger partial charge in [0.2, 0.25) is 11.8 Å². The average molecular weight is 393 g/mol. The lowest BCUT2D eigenvalue weighted by Gasteiger charge is -2.37. The van der Waals surface area contributed by atoms with E-state index in [4.69, 9.17) is 0 Å². The molecule has 0 bridgehead atoms. The smallest absolute Gasteiger partial charge is 0.235 e. The van der Waals surface area contributed by atoms with Crippen LogP contribution in [0.25, 0.3) is 0 Å². The number of nitrogens with zero attached hydrogens (tertiary/aromatic N) is 1. The van der Waals surface area contributed by atoms with E-state index in [1.54, 1.807) is 0 Å². The van der Waals surface area contributed by atoms with Gasteiger partial charge in [0, 0.05) is 17.8 Å². The summed E-state index contributed by atoms with van der Waals surface area (Å²) in [6.07, 6.45) is 6.82. The van der Waals surface area contributed by atoms with E-state index in [1.807, 2.05) is 6.92 Å². The van der Waals surface area contributed by atoms with Crippen molar-refractivity contribution in [3.8, 4) is 0 Å². The van der Waals surface area contributed by atoms with Crippen molar-refractivity contribution >= 4 is 29.3 Å². The standard InChI is InChI=1S/C21H29FN2O2S/c1-14-3-9-18(10-4-14)24(19-11-12-19)21(26)15(2)27-13-20(25)23-17-7-5-16(22)6-8-17/h5-8,14-15,18-19H,3-4,9-13H2,1-2H3,(H,23,25). The van der Waals surface area contributed by atoms with Crippen LogP contribution in [0.1, 0.15) is 52.4 Å². The lowest BCUT2D eigenvalue weighted by Crippen LogP contribution is -2.47. The van der Waals surface area contributed by atoms with Crippen molar-refractivity contribution in [2.45, 2.75) is 69.7 Å². The molecule has 27 heavy (non-hydrogen) atoms. The molecule has 0 radical (unpaired) electrons. The molecule has 1 aromatic carbocycles. The van der Waals surface area contributed by atoms with Crippen LogP contribution in [0.15, 0.2) is 24.3 Å². The maximum absolute atomic E-state index is 13.0. The van der Waals surface area contributed by atoms with Crippen LogP contribution in [0.4, 0.5) is 10.1 Å². The van der Waals surface area contributed by atoms with Crippen molar-refractivity contribution in [2.75, 3.05) is 11.1 Å². The molecule has 148 valence electrons. The first-order valence-electron chi connectivity index (χ1n) is 9.93. The summed E-state index contributed by atoms with van der Waals surface area (Å²) in [5, 5.41) is 2.51. The van der Waals surface area contributed by atoms with Crippen LogP contribution >= 0.6 is 11.8 Å². The highest BCUT2D eigenvalue weighted by Crippen LogP contribution is 2.36. The molecule has 0 saturated heterocycles. The van der Waals surface area contributed by atoms with Gasteiger partial charge >= 0.3 is 0 Å². The van der Waals surface area contributed by atoms with E-state index in [9.17, 15) is 14.0 Å². The normalized spacial score (nSPS) is 23.5. The van der Waals surface area contributed by atoms with Gasteiger partial charge in [-0.2, -0.15) is 0 Å². The first-order valence-corrected chi connectivity index (χ1v) is 11.0. The molecule has 6 heteroatoms. The maximum Gasteiger partial charge on any atom is 0.235 e. The molecule has 0 aromatic heterocycles. The van der Waals surface area contributed by atoms with E-state index >= 15 is 0 Å². The van der Waals surface area contributed by atoms with Crippen LogP contribution in [0.3, 0.4) is 0 Å². The predicted molar refractivity (Wildman–Crippen MR) is 108 cm³/mol. The Balaban J connectivity index is 1.49. The molecule has 1 aromatic rings. The molecule has 2 saturated carbocycles. The third-order valence-electron chi connectivity index (χ3n) is 5.51. The van der Waals surface area contributed by atoms with Crippen molar-refractivity contribution in [2.24, 2.45) is 5.92 Å². The molecular weight excluding hydrogens is 363 g/mol. The van der Waals surface area contributed by atoms with Gasteiger partial charge in [-0.25, -0.2) is 4.39 Å². The van der Waals surface area contributed by atoms with Crippen molar-refractivity contribution in [3.63, 3.8) is 0 Å². The molecule has 1 N–H and O–H groups in total. The Labute approximate surface area is 165 Å². The van der Waals surface area contributed by atoms with E-state index in [1.165, 1.54) is 48.9 Å². The predicted octanol–water partition coefficient (Wildman–Crippen LogP) is 4.46. The Morgan fingerprint density at radius 3 is 2.22 bits per heavy atom. The summed E-state index contributed by atoms with van der Waals surface area (Å²) in [6, 6.07) is 6.47. The largest absolute Gasteiger partial charge is 0.336 e. The Hall–Kier alpha value is -1.56. The topological polar surface area (TPSA) is 49.4 Å². The molecule has 2 fully saturated rings. The Morgan fingerprint density at radius 2 is 1.67 bits per heavy atom. The van der Waals surface area contributed by atoms with E-state index in [2.05, 4.69) is 17.1 Å². The quantitative estimate of drug-likeness (QED) is 0.745. The van der Waals surface area contributed by atoms with Crippen molar-refractivity contribution in [1.29, 1.82) is 0 Å². The molecular formula is C21H29FN2O2S. The molecule has 4 nitrogen and oxygen atoms in total. The zero-order chi connectivity index (χ0) is 19.4. The van der Waals surface area contributed by atoms with Crippen LogP contribution in [-0.2, 0) is 9.59 Å². The fourth-order valence-electron chi connectivity index (χ4n) is 3.74. The summed E-state index contributed by atoms with van der Waals surface area (Å²) >= 11 is 1.38. The molecule has 2 aliphatic rings. The number of carbonyl (C=O) groups excluding carboxylic acids is 2. The number of thioether (sulfide) groups is 1. The molecule has 1 atom stereocenters. The maximum atomic E-state index is 13.0. The second-order valence-corrected chi connectivity index (χ2v) is 9.23. The lowest BCUT2D eigenvalue weighted by atomic mass is 9.86. The van der Waals surface area contributed by atoms with Gasteiger partial charge in [-0.1, -0.05) is 6.92 Å². The number of amides is 2. The summed E-state index contributed by atoms with van der Waals surface area (Å²) in [4.78, 5) is 27.3. The summed E-state index contributed by atoms with van der Waals surface area (Å²) in [5.74, 6) is 0.649. The van der Waals surface area contributed by atoms with Gasteiger partial charge in [0.1, 0.15) is 5.82 Å². The third-order valence-corrected chi connectivity index (χ3v) is 6.64. The third kappa shape index (κ3) is 5.71. The van der Waals surface area contributed by atoms with Crippen molar-refractivity contribution in [1.82, 2.24) is 4.90 Å². The van der Waals surface area contributed by atoms with Crippen LogP contribution in [0.2, 0.25) is 0 Å². The molecule has 0 spiro atoms. The first kappa shape index (κ1) is 20.2. The number of nitrogens with one attached hydrogen (secondary N) is 1. The van der Waals surface area contributed by atoms with Crippen LogP contribution in [0.5, 0.6) is 0 Å². The minimum Gasteiger partial charge on any atom is -0.336 e. The summed E-state index contributed by atoms with van der Waals surface area (Å²) in [5.41, 5.74) is 0.567. The van der Waals surface area contributed by atoms with E-state index < -0.39 is 0 Å². The molecule has 3 rings (SSSR count). The number of hydrogen-bond acceptors (Lipinski definition) is 3. The highest BCUT2D eigenvalue weighted by atomic mass is 32.2. The van der Waals surface area contributed by atoms with Gasteiger partial charge in [0.25, 0.3) is 0 Å². The summed E-state index contributed by atoms with van der Waals surface area (Å²) in [7, 11) is 0.